The molecule has 0 atom stereocenters. The second kappa shape index (κ2) is 6.21. The van der Waals surface area contributed by atoms with E-state index in [2.05, 4.69) is 58.6 Å². The summed E-state index contributed by atoms with van der Waals surface area (Å²) in [5.41, 5.74) is 0. The number of rotatable bonds is 6. The average molecular weight is 246 g/mol. The molecular weight excluding hydrogens is 214 g/mol. The third kappa shape index (κ3) is 5.32. The molecule has 0 heterocycles. The first-order chi connectivity index (χ1) is 6.69. The zero-order chi connectivity index (χ0) is 12.2. The topological polar surface area (TPSA) is 3.24 Å². The number of hydrogen-bond acceptors (Lipinski definition) is 1. The van der Waals surface area contributed by atoms with Gasteiger partial charge in [0.05, 0.1) is 8.96 Å². The summed E-state index contributed by atoms with van der Waals surface area (Å²) in [6.07, 6.45) is 0. The molecule has 92 valence electrons. The summed E-state index contributed by atoms with van der Waals surface area (Å²) in [5.74, 6) is 1.71. The maximum absolute atomic E-state index is 2.83. The maximum Gasteiger partial charge on any atom is 0.118 e. The third-order valence-electron chi connectivity index (χ3n) is 3.32. The van der Waals surface area contributed by atoms with Gasteiger partial charge in [-0.3, -0.25) is 0 Å². The van der Waals surface area contributed by atoms with Gasteiger partial charge in [0.15, 0.2) is 0 Å². The molecule has 0 amide bonds. The van der Waals surface area contributed by atoms with Crippen LogP contribution in [0.25, 0.3) is 0 Å². The summed E-state index contributed by atoms with van der Waals surface area (Å²) in [6.45, 7) is 17.0. The molecule has 0 aliphatic rings. The fourth-order valence-electron chi connectivity index (χ4n) is 2.75. The minimum Gasteiger partial charge on any atom is -0.351 e. The van der Waals surface area contributed by atoms with E-state index in [4.69, 9.17) is 0 Å². The van der Waals surface area contributed by atoms with Crippen LogP contribution in [0.5, 0.6) is 0 Å². The van der Waals surface area contributed by atoms with Gasteiger partial charge in [-0.25, -0.2) is 0 Å². The molecule has 0 saturated carbocycles. The van der Waals surface area contributed by atoms with Gasteiger partial charge in [-0.05, 0) is 31.0 Å². The minimum atomic E-state index is -1.15. The SMILES string of the molecule is CC(C)C[Si](C)(CC(C)C)N(C)[SiH](C)C. The van der Waals surface area contributed by atoms with Gasteiger partial charge in [-0.2, -0.15) is 0 Å². The highest BCUT2D eigenvalue weighted by molar-refractivity contribution is 6.84. The average Bonchev–Trinajstić information content (AvgIpc) is 1.99. The lowest BCUT2D eigenvalue weighted by molar-refractivity contribution is 0.621. The Hall–Kier alpha value is 0.394. The van der Waals surface area contributed by atoms with Gasteiger partial charge in [0.1, 0.15) is 8.24 Å². The van der Waals surface area contributed by atoms with E-state index in [1.165, 1.54) is 12.1 Å². The van der Waals surface area contributed by atoms with Gasteiger partial charge in [0, 0.05) is 0 Å². The highest BCUT2D eigenvalue weighted by Gasteiger charge is 2.34. The Bertz CT molecular complexity index is 168. The molecule has 0 N–H and O–H groups in total. The quantitative estimate of drug-likeness (QED) is 0.644. The van der Waals surface area contributed by atoms with Crippen LogP contribution in [0.2, 0.25) is 31.7 Å². The fourth-order valence-corrected chi connectivity index (χ4v) is 12.6. The zero-order valence-corrected chi connectivity index (χ0v) is 14.2. The van der Waals surface area contributed by atoms with E-state index in [0.717, 1.165) is 11.8 Å². The first-order valence-electron chi connectivity index (χ1n) is 6.42. The van der Waals surface area contributed by atoms with Crippen LogP contribution in [0.4, 0.5) is 0 Å². The van der Waals surface area contributed by atoms with Crippen LogP contribution in [0.3, 0.4) is 0 Å². The van der Waals surface area contributed by atoms with E-state index >= 15 is 0 Å². The lowest BCUT2D eigenvalue weighted by Crippen LogP contribution is -2.55. The van der Waals surface area contributed by atoms with Gasteiger partial charge in [-0.1, -0.05) is 47.3 Å². The van der Waals surface area contributed by atoms with Crippen molar-refractivity contribution in [3.8, 4) is 0 Å². The van der Waals surface area contributed by atoms with Crippen molar-refractivity contribution < 1.29 is 0 Å². The summed E-state index contributed by atoms with van der Waals surface area (Å²) < 4.78 is 2.83. The van der Waals surface area contributed by atoms with E-state index in [1.54, 1.807) is 0 Å². The largest absolute Gasteiger partial charge is 0.351 e. The van der Waals surface area contributed by atoms with Crippen LogP contribution in [0.1, 0.15) is 27.7 Å². The molecule has 0 fully saturated rings. The molecule has 0 spiro atoms. The predicted octanol–water partition coefficient (Wildman–Crippen LogP) is 3.79. The van der Waals surface area contributed by atoms with Crippen LogP contribution >= 0.6 is 0 Å². The van der Waals surface area contributed by atoms with E-state index in [0.29, 0.717) is 0 Å². The number of hydrogen-bond donors (Lipinski definition) is 0. The van der Waals surface area contributed by atoms with Crippen molar-refractivity contribution in [1.29, 1.82) is 0 Å². The lowest BCUT2D eigenvalue weighted by Gasteiger charge is -2.42. The van der Waals surface area contributed by atoms with Crippen LogP contribution < -0.4 is 0 Å². The molecule has 0 aromatic rings. The molecule has 0 aliphatic carbocycles. The second-order valence-corrected chi connectivity index (χ2v) is 14.4. The fraction of sp³-hybridized carbons (Fsp3) is 1.00. The summed E-state index contributed by atoms with van der Waals surface area (Å²) in [6, 6.07) is 2.93. The van der Waals surface area contributed by atoms with E-state index in [1.807, 2.05) is 0 Å². The van der Waals surface area contributed by atoms with Crippen molar-refractivity contribution >= 4 is 17.2 Å². The van der Waals surface area contributed by atoms with Gasteiger partial charge >= 0.3 is 0 Å². The smallest absolute Gasteiger partial charge is 0.118 e. The molecule has 0 aromatic heterocycles. The van der Waals surface area contributed by atoms with Crippen molar-refractivity contribution in [2.75, 3.05) is 7.05 Å². The Morgan fingerprint density at radius 2 is 1.33 bits per heavy atom. The zero-order valence-electron chi connectivity index (χ0n) is 12.1. The second-order valence-electron chi connectivity index (χ2n) is 6.40. The predicted molar refractivity (Wildman–Crippen MR) is 77.5 cm³/mol. The van der Waals surface area contributed by atoms with Gasteiger partial charge in [-0.15, -0.1) is 0 Å². The highest BCUT2D eigenvalue weighted by Crippen LogP contribution is 2.28. The highest BCUT2D eigenvalue weighted by atomic mass is 28.4. The lowest BCUT2D eigenvalue weighted by atomic mass is 10.3. The molecule has 0 bridgehead atoms. The normalized spacial score (nSPS) is 13.6. The molecular formula is C12H31NSi2. The van der Waals surface area contributed by atoms with Crippen molar-refractivity contribution in [3.63, 3.8) is 0 Å². The molecule has 0 unspecified atom stereocenters. The molecule has 0 aromatic carbocycles. The molecule has 0 aliphatic heterocycles. The van der Waals surface area contributed by atoms with Crippen LogP contribution in [0.15, 0.2) is 0 Å². The van der Waals surface area contributed by atoms with Gasteiger partial charge in [0.2, 0.25) is 0 Å². The van der Waals surface area contributed by atoms with Crippen LogP contribution in [-0.2, 0) is 0 Å². The summed E-state index contributed by atoms with van der Waals surface area (Å²) in [5, 5.41) is 0. The standard InChI is InChI=1S/C12H31NSi2/c1-11(2)9-15(8,10-12(3)4)13(5)14(6)7/h11-12,14H,9-10H2,1-8H3. The van der Waals surface area contributed by atoms with Crippen molar-refractivity contribution in [2.45, 2.75) is 59.4 Å². The molecule has 15 heavy (non-hydrogen) atoms. The number of nitrogens with zero attached hydrogens (tertiary/aromatic N) is 1. The van der Waals surface area contributed by atoms with Crippen molar-refractivity contribution in [3.05, 3.63) is 0 Å². The Morgan fingerprint density at radius 3 is 1.53 bits per heavy atom. The minimum absolute atomic E-state index is 0.612. The molecule has 3 heteroatoms. The molecule has 0 radical (unpaired) electrons. The molecule has 0 saturated heterocycles. The van der Waals surface area contributed by atoms with E-state index in [-0.39, 0.29) is 0 Å². The summed E-state index contributed by atoms with van der Waals surface area (Å²) >= 11 is 0. The first-order valence-corrected chi connectivity index (χ1v) is 12.1. The van der Waals surface area contributed by atoms with Crippen LogP contribution in [0, 0.1) is 11.8 Å². The Balaban J connectivity index is 4.67. The molecule has 1 nitrogen and oxygen atoms in total. The summed E-state index contributed by atoms with van der Waals surface area (Å²) in [7, 11) is 0.637. The first kappa shape index (κ1) is 15.4. The van der Waals surface area contributed by atoms with E-state index < -0.39 is 17.2 Å². The van der Waals surface area contributed by atoms with Gasteiger partial charge < -0.3 is 4.23 Å². The van der Waals surface area contributed by atoms with Crippen molar-refractivity contribution in [1.82, 2.24) is 4.23 Å². The maximum atomic E-state index is 2.83. The van der Waals surface area contributed by atoms with Crippen molar-refractivity contribution in [2.24, 2.45) is 11.8 Å². The summed E-state index contributed by atoms with van der Waals surface area (Å²) in [4.78, 5) is 0. The molecule has 0 rings (SSSR count). The monoisotopic (exact) mass is 245 g/mol. The Kier molecular flexibility index (Phi) is 6.37. The van der Waals surface area contributed by atoms with E-state index in [9.17, 15) is 0 Å². The van der Waals surface area contributed by atoms with Gasteiger partial charge in [0.25, 0.3) is 0 Å². The van der Waals surface area contributed by atoms with Crippen LogP contribution in [-0.4, -0.2) is 28.5 Å². The Labute approximate surface area is 100 Å². The third-order valence-corrected chi connectivity index (χ3v) is 13.4. The Morgan fingerprint density at radius 1 is 1.00 bits per heavy atom.